The van der Waals surface area contributed by atoms with Crippen molar-refractivity contribution < 1.29 is 14.4 Å². The monoisotopic (exact) mass is 233 g/mol. The first-order chi connectivity index (χ1) is 8.06. The van der Waals surface area contributed by atoms with Gasteiger partial charge in [-0.1, -0.05) is 0 Å². The number of hydrogen-bond donors (Lipinski definition) is 3. The van der Waals surface area contributed by atoms with E-state index in [1.807, 2.05) is 0 Å². The summed E-state index contributed by atoms with van der Waals surface area (Å²) in [5.41, 5.74) is 6.15. The molecule has 17 heavy (non-hydrogen) atoms. The molecule has 0 aromatic heterocycles. The molecule has 3 amide bonds. The predicted molar refractivity (Wildman–Crippen MR) is 60.1 cm³/mol. The van der Waals surface area contributed by atoms with E-state index in [1.54, 1.807) is 24.3 Å². The molecule has 1 heterocycles. The van der Waals surface area contributed by atoms with Crippen LogP contribution in [0.15, 0.2) is 24.3 Å². The lowest BCUT2D eigenvalue weighted by molar-refractivity contribution is -0.124. The zero-order valence-electron chi connectivity index (χ0n) is 8.90. The van der Waals surface area contributed by atoms with Crippen molar-refractivity contribution in [2.75, 3.05) is 5.32 Å². The Morgan fingerprint density at radius 3 is 2.41 bits per heavy atom. The number of carbonyl (C=O) groups excluding carboxylic acids is 3. The normalized spacial score (nSPS) is 18.9. The van der Waals surface area contributed by atoms with Gasteiger partial charge in [-0.05, 0) is 24.3 Å². The second-order valence-electron chi connectivity index (χ2n) is 3.76. The van der Waals surface area contributed by atoms with Gasteiger partial charge in [0, 0.05) is 11.3 Å². The third-order valence-electron chi connectivity index (χ3n) is 2.48. The molecule has 4 N–H and O–H groups in total. The molecular weight excluding hydrogens is 222 g/mol. The minimum atomic E-state index is -0.554. The van der Waals surface area contributed by atoms with Gasteiger partial charge in [0.1, 0.15) is 6.04 Å². The van der Waals surface area contributed by atoms with E-state index in [4.69, 9.17) is 5.73 Å². The van der Waals surface area contributed by atoms with Crippen molar-refractivity contribution in [2.45, 2.75) is 12.5 Å². The molecule has 0 spiro atoms. The standard InChI is InChI=1S/C11H11N3O3/c12-10(16)6-1-3-7(4-2-6)13-8-5-9(15)14-11(8)17/h1-4,8,13H,5H2,(H2,12,16)(H,14,15,17). The fourth-order valence-electron chi connectivity index (χ4n) is 1.60. The Balaban J connectivity index is 2.07. The Morgan fingerprint density at radius 1 is 1.29 bits per heavy atom. The van der Waals surface area contributed by atoms with E-state index < -0.39 is 11.9 Å². The minimum Gasteiger partial charge on any atom is -0.373 e. The van der Waals surface area contributed by atoms with Crippen molar-refractivity contribution in [2.24, 2.45) is 5.73 Å². The first-order valence-corrected chi connectivity index (χ1v) is 5.06. The number of nitrogens with two attached hydrogens (primary N) is 1. The predicted octanol–water partition coefficient (Wildman–Crippen LogP) is -0.388. The van der Waals surface area contributed by atoms with Crippen molar-refractivity contribution in [3.8, 4) is 0 Å². The number of benzene rings is 1. The second kappa shape index (κ2) is 4.25. The van der Waals surface area contributed by atoms with Crippen molar-refractivity contribution in [1.29, 1.82) is 0 Å². The third-order valence-corrected chi connectivity index (χ3v) is 2.48. The van der Waals surface area contributed by atoms with Gasteiger partial charge < -0.3 is 11.1 Å². The molecule has 1 aliphatic rings. The van der Waals surface area contributed by atoms with E-state index in [9.17, 15) is 14.4 Å². The van der Waals surface area contributed by atoms with Crippen LogP contribution in [0.5, 0.6) is 0 Å². The van der Waals surface area contributed by atoms with E-state index in [2.05, 4.69) is 10.6 Å². The largest absolute Gasteiger partial charge is 0.373 e. The molecule has 0 aliphatic carbocycles. The zero-order chi connectivity index (χ0) is 12.4. The van der Waals surface area contributed by atoms with Crippen LogP contribution >= 0.6 is 0 Å². The van der Waals surface area contributed by atoms with Gasteiger partial charge in [0.2, 0.25) is 17.7 Å². The van der Waals surface area contributed by atoms with Crippen molar-refractivity contribution >= 4 is 23.4 Å². The molecule has 1 fully saturated rings. The lowest BCUT2D eigenvalue weighted by Gasteiger charge is -2.10. The van der Waals surface area contributed by atoms with Gasteiger partial charge in [-0.15, -0.1) is 0 Å². The number of imide groups is 1. The van der Waals surface area contributed by atoms with Gasteiger partial charge in [-0.3, -0.25) is 19.7 Å². The zero-order valence-corrected chi connectivity index (χ0v) is 8.90. The molecule has 0 bridgehead atoms. The van der Waals surface area contributed by atoms with Crippen LogP contribution < -0.4 is 16.4 Å². The highest BCUT2D eigenvalue weighted by atomic mass is 16.2. The lowest BCUT2D eigenvalue weighted by Crippen LogP contribution is -2.30. The van der Waals surface area contributed by atoms with Crippen LogP contribution in [0.2, 0.25) is 0 Å². The molecule has 6 nitrogen and oxygen atoms in total. The quantitative estimate of drug-likeness (QED) is 0.619. The number of rotatable bonds is 3. The lowest BCUT2D eigenvalue weighted by atomic mass is 10.1. The molecule has 1 aliphatic heterocycles. The summed E-state index contributed by atoms with van der Waals surface area (Å²) in [6, 6.07) is 5.83. The first-order valence-electron chi connectivity index (χ1n) is 5.06. The summed E-state index contributed by atoms with van der Waals surface area (Å²) in [6.45, 7) is 0. The number of amides is 3. The first kappa shape index (κ1) is 11.1. The van der Waals surface area contributed by atoms with Crippen LogP contribution in [0.4, 0.5) is 5.69 Å². The molecule has 6 heteroatoms. The number of carbonyl (C=O) groups is 3. The van der Waals surface area contributed by atoms with E-state index in [1.165, 1.54) is 0 Å². The second-order valence-corrected chi connectivity index (χ2v) is 3.76. The summed E-state index contributed by atoms with van der Waals surface area (Å²) < 4.78 is 0. The Morgan fingerprint density at radius 2 is 1.94 bits per heavy atom. The van der Waals surface area contributed by atoms with Crippen LogP contribution in [0.25, 0.3) is 0 Å². The molecule has 1 unspecified atom stereocenters. The van der Waals surface area contributed by atoms with E-state index in [0.29, 0.717) is 11.3 Å². The van der Waals surface area contributed by atoms with Crippen molar-refractivity contribution in [1.82, 2.24) is 5.32 Å². The van der Waals surface area contributed by atoms with Crippen LogP contribution in [0.3, 0.4) is 0 Å². The van der Waals surface area contributed by atoms with E-state index >= 15 is 0 Å². The fourth-order valence-corrected chi connectivity index (χ4v) is 1.60. The summed E-state index contributed by atoms with van der Waals surface area (Å²) in [5.74, 6) is -1.14. The third kappa shape index (κ3) is 2.41. The number of hydrogen-bond acceptors (Lipinski definition) is 4. The van der Waals surface area contributed by atoms with Crippen LogP contribution in [-0.4, -0.2) is 23.8 Å². The van der Waals surface area contributed by atoms with Crippen LogP contribution in [0.1, 0.15) is 16.8 Å². The van der Waals surface area contributed by atoms with Crippen molar-refractivity contribution in [3.63, 3.8) is 0 Å². The highest BCUT2D eigenvalue weighted by Gasteiger charge is 2.30. The maximum atomic E-state index is 11.3. The summed E-state index contributed by atoms with van der Waals surface area (Å²) in [5, 5.41) is 5.10. The molecular formula is C11H11N3O3. The highest BCUT2D eigenvalue weighted by Crippen LogP contribution is 2.13. The summed E-state index contributed by atoms with van der Waals surface area (Å²) in [7, 11) is 0. The SMILES string of the molecule is NC(=O)c1ccc(NC2CC(=O)NC2=O)cc1. The molecule has 1 atom stereocenters. The molecule has 1 saturated heterocycles. The van der Waals surface area contributed by atoms with Gasteiger partial charge in [-0.2, -0.15) is 0 Å². The Bertz CT molecular complexity index is 481. The van der Waals surface area contributed by atoms with Crippen LogP contribution in [-0.2, 0) is 9.59 Å². The van der Waals surface area contributed by atoms with E-state index in [-0.39, 0.29) is 18.2 Å². The number of primary amides is 1. The average molecular weight is 233 g/mol. The number of nitrogens with one attached hydrogen (secondary N) is 2. The van der Waals surface area contributed by atoms with Gasteiger partial charge in [-0.25, -0.2) is 0 Å². The molecule has 0 radical (unpaired) electrons. The smallest absolute Gasteiger partial charge is 0.249 e. The molecule has 88 valence electrons. The topological polar surface area (TPSA) is 101 Å². The summed E-state index contributed by atoms with van der Waals surface area (Å²) in [6.07, 6.45) is 0.121. The van der Waals surface area contributed by atoms with Gasteiger partial charge in [0.05, 0.1) is 6.42 Å². The van der Waals surface area contributed by atoms with Crippen LogP contribution in [0, 0.1) is 0 Å². The van der Waals surface area contributed by atoms with Crippen molar-refractivity contribution in [3.05, 3.63) is 29.8 Å². The molecule has 0 saturated carbocycles. The maximum Gasteiger partial charge on any atom is 0.249 e. The van der Waals surface area contributed by atoms with Gasteiger partial charge in [0.25, 0.3) is 0 Å². The molecule has 1 aromatic carbocycles. The Labute approximate surface area is 97.2 Å². The summed E-state index contributed by atoms with van der Waals surface area (Å²) >= 11 is 0. The molecule has 2 rings (SSSR count). The maximum absolute atomic E-state index is 11.3. The average Bonchev–Trinajstić information content (AvgIpc) is 2.58. The summed E-state index contributed by atoms with van der Waals surface area (Å²) in [4.78, 5) is 33.1. The van der Waals surface area contributed by atoms with E-state index in [0.717, 1.165) is 0 Å². The Hall–Kier alpha value is -2.37. The minimum absolute atomic E-state index is 0.121. The number of anilines is 1. The van der Waals surface area contributed by atoms with Gasteiger partial charge >= 0.3 is 0 Å². The van der Waals surface area contributed by atoms with Gasteiger partial charge in [0.15, 0.2) is 0 Å². The molecule has 1 aromatic rings. The fraction of sp³-hybridized carbons (Fsp3) is 0.182. The highest BCUT2D eigenvalue weighted by molar-refractivity contribution is 6.06. The Kier molecular flexibility index (Phi) is 2.78.